The van der Waals surface area contributed by atoms with E-state index in [1.54, 1.807) is 24.3 Å². The van der Waals surface area contributed by atoms with Crippen molar-refractivity contribution < 1.29 is 8.42 Å². The molecule has 0 bridgehead atoms. The molecular weight excluding hydrogens is 298 g/mol. The van der Waals surface area contributed by atoms with Crippen molar-refractivity contribution >= 4 is 32.7 Å². The Morgan fingerprint density at radius 3 is 2.85 bits per heavy atom. The minimum absolute atomic E-state index is 0.183. The highest BCUT2D eigenvalue weighted by Crippen LogP contribution is 2.23. The molecule has 0 saturated carbocycles. The quantitative estimate of drug-likeness (QED) is 0.643. The topological polar surface area (TPSA) is 64.8 Å². The predicted octanol–water partition coefficient (Wildman–Crippen LogP) is 2.91. The van der Waals surface area contributed by atoms with Crippen LogP contribution in [0.4, 0.5) is 0 Å². The van der Waals surface area contributed by atoms with Crippen molar-refractivity contribution in [1.82, 2.24) is 13.9 Å². The largest absolute Gasteiger partial charge is 0.265 e. The molecule has 2 rings (SSSR count). The van der Waals surface area contributed by atoms with Crippen molar-refractivity contribution in [1.29, 1.82) is 0 Å². The van der Waals surface area contributed by atoms with Gasteiger partial charge in [-0.15, -0.1) is 0 Å². The van der Waals surface area contributed by atoms with E-state index >= 15 is 0 Å². The van der Waals surface area contributed by atoms with E-state index in [0.29, 0.717) is 5.39 Å². The zero-order valence-corrected chi connectivity index (χ0v) is 12.3. The minimum Gasteiger partial charge on any atom is -0.224 e. The van der Waals surface area contributed by atoms with Gasteiger partial charge in [0.05, 0.1) is 10.3 Å². The molecule has 0 aliphatic carbocycles. The standard InChI is InChI=1S/C13H12ClN3O2S/c1-3-4-5-6-10(2)20(18,19)17-8-7-11-12(14)15-9-16-13(11)17/h3-9H,1H2,2H3/b5-4-,10-6+. The molecule has 0 saturated heterocycles. The molecule has 0 unspecified atom stereocenters. The second kappa shape index (κ2) is 5.60. The summed E-state index contributed by atoms with van der Waals surface area (Å²) in [4.78, 5) is 7.97. The van der Waals surface area contributed by atoms with Crippen LogP contribution >= 0.6 is 11.6 Å². The SMILES string of the molecule is C=C/C=C\C=C(/C)S(=O)(=O)n1ccc2c(Cl)ncnc21. The van der Waals surface area contributed by atoms with Crippen molar-refractivity contribution in [2.75, 3.05) is 0 Å². The number of hydrogen-bond donors (Lipinski definition) is 0. The second-order valence-electron chi connectivity index (χ2n) is 3.92. The Morgan fingerprint density at radius 1 is 1.40 bits per heavy atom. The van der Waals surface area contributed by atoms with Crippen molar-refractivity contribution in [3.8, 4) is 0 Å². The van der Waals surface area contributed by atoms with Crippen LogP contribution < -0.4 is 0 Å². The molecule has 2 aromatic heterocycles. The minimum atomic E-state index is -3.68. The number of allylic oxidation sites excluding steroid dienone is 5. The predicted molar refractivity (Wildman–Crippen MR) is 79.9 cm³/mol. The molecule has 0 N–H and O–H groups in total. The Bertz CT molecular complexity index is 819. The Hall–Kier alpha value is -1.92. The van der Waals surface area contributed by atoms with Crippen LogP contribution in [0.1, 0.15) is 6.92 Å². The number of aromatic nitrogens is 3. The van der Waals surface area contributed by atoms with Gasteiger partial charge < -0.3 is 0 Å². The average molecular weight is 310 g/mol. The molecule has 0 fully saturated rings. The molecule has 0 radical (unpaired) electrons. The van der Waals surface area contributed by atoms with Crippen LogP contribution in [-0.2, 0) is 10.0 Å². The lowest BCUT2D eigenvalue weighted by Gasteiger charge is -2.06. The van der Waals surface area contributed by atoms with Crippen LogP contribution in [0.5, 0.6) is 0 Å². The first-order chi connectivity index (χ1) is 9.48. The summed E-state index contributed by atoms with van der Waals surface area (Å²) in [5.41, 5.74) is 0.255. The van der Waals surface area contributed by atoms with E-state index in [1.165, 1.54) is 25.5 Å². The van der Waals surface area contributed by atoms with Crippen LogP contribution in [-0.4, -0.2) is 22.4 Å². The zero-order valence-electron chi connectivity index (χ0n) is 10.7. The van der Waals surface area contributed by atoms with E-state index in [-0.39, 0.29) is 15.7 Å². The molecule has 20 heavy (non-hydrogen) atoms. The van der Waals surface area contributed by atoms with Crippen molar-refractivity contribution in [3.05, 3.63) is 59.5 Å². The summed E-state index contributed by atoms with van der Waals surface area (Å²) in [6.45, 7) is 5.03. The van der Waals surface area contributed by atoms with E-state index in [0.717, 1.165) is 3.97 Å². The molecule has 0 atom stereocenters. The fourth-order valence-electron chi connectivity index (χ4n) is 1.60. The summed E-state index contributed by atoms with van der Waals surface area (Å²) in [6.07, 6.45) is 8.95. The fraction of sp³-hybridized carbons (Fsp3) is 0.0769. The van der Waals surface area contributed by atoms with E-state index in [9.17, 15) is 8.42 Å². The Balaban J connectivity index is 2.58. The van der Waals surface area contributed by atoms with Gasteiger partial charge in [-0.2, -0.15) is 0 Å². The van der Waals surface area contributed by atoms with Crippen LogP contribution in [0.25, 0.3) is 11.0 Å². The van der Waals surface area contributed by atoms with E-state index in [4.69, 9.17) is 11.6 Å². The van der Waals surface area contributed by atoms with Gasteiger partial charge in [-0.1, -0.05) is 36.4 Å². The van der Waals surface area contributed by atoms with Gasteiger partial charge in [0.2, 0.25) is 0 Å². The summed E-state index contributed by atoms with van der Waals surface area (Å²) in [5, 5.41) is 0.712. The summed E-state index contributed by atoms with van der Waals surface area (Å²) in [7, 11) is -3.68. The third-order valence-electron chi connectivity index (χ3n) is 2.64. The fourth-order valence-corrected chi connectivity index (χ4v) is 2.95. The van der Waals surface area contributed by atoms with Crippen LogP contribution in [0.2, 0.25) is 5.15 Å². The Morgan fingerprint density at radius 2 is 2.15 bits per heavy atom. The molecule has 0 aliphatic heterocycles. The number of rotatable bonds is 4. The van der Waals surface area contributed by atoms with Gasteiger partial charge in [0.15, 0.2) is 5.65 Å². The molecular formula is C13H12ClN3O2S. The molecule has 0 spiro atoms. The zero-order chi connectivity index (χ0) is 14.8. The first-order valence-corrected chi connectivity index (χ1v) is 7.49. The highest BCUT2D eigenvalue weighted by atomic mass is 35.5. The third-order valence-corrected chi connectivity index (χ3v) is 4.71. The van der Waals surface area contributed by atoms with Gasteiger partial charge in [-0.25, -0.2) is 22.4 Å². The van der Waals surface area contributed by atoms with Crippen molar-refractivity contribution in [2.24, 2.45) is 0 Å². The van der Waals surface area contributed by atoms with Crippen LogP contribution in [0, 0.1) is 0 Å². The lowest BCUT2D eigenvalue weighted by atomic mass is 10.4. The van der Waals surface area contributed by atoms with Crippen molar-refractivity contribution in [2.45, 2.75) is 6.92 Å². The molecule has 0 amide bonds. The lowest BCUT2D eigenvalue weighted by Crippen LogP contribution is -2.12. The normalized spacial score (nSPS) is 13.2. The maximum Gasteiger partial charge on any atom is 0.265 e. The molecule has 7 heteroatoms. The molecule has 2 aromatic rings. The van der Waals surface area contributed by atoms with Gasteiger partial charge in [-0.3, -0.25) is 0 Å². The molecule has 104 valence electrons. The third kappa shape index (κ3) is 2.52. The highest BCUT2D eigenvalue weighted by Gasteiger charge is 2.19. The molecule has 5 nitrogen and oxygen atoms in total. The maximum atomic E-state index is 12.4. The van der Waals surface area contributed by atoms with Crippen molar-refractivity contribution in [3.63, 3.8) is 0 Å². The van der Waals surface area contributed by atoms with Crippen LogP contribution in [0.15, 0.2) is 54.4 Å². The summed E-state index contributed by atoms with van der Waals surface area (Å²) < 4.78 is 26.0. The van der Waals surface area contributed by atoms with Gasteiger partial charge in [0, 0.05) is 6.20 Å². The molecule has 2 heterocycles. The second-order valence-corrected chi connectivity index (χ2v) is 6.26. The number of halogens is 1. The van der Waals surface area contributed by atoms with Crippen LogP contribution in [0.3, 0.4) is 0 Å². The average Bonchev–Trinajstić information content (AvgIpc) is 2.85. The highest BCUT2D eigenvalue weighted by molar-refractivity contribution is 7.93. The van der Waals surface area contributed by atoms with Gasteiger partial charge in [-0.05, 0) is 19.1 Å². The van der Waals surface area contributed by atoms with E-state index < -0.39 is 10.0 Å². The summed E-state index contributed by atoms with van der Waals surface area (Å²) in [5.74, 6) is 0. The first kappa shape index (κ1) is 14.5. The van der Waals surface area contributed by atoms with E-state index in [2.05, 4.69) is 16.5 Å². The monoisotopic (exact) mass is 309 g/mol. The first-order valence-electron chi connectivity index (χ1n) is 5.67. The number of nitrogens with zero attached hydrogens (tertiary/aromatic N) is 3. The summed E-state index contributed by atoms with van der Waals surface area (Å²) >= 11 is 5.91. The van der Waals surface area contributed by atoms with Gasteiger partial charge in [0.25, 0.3) is 10.0 Å². The number of hydrogen-bond acceptors (Lipinski definition) is 4. The Labute approximate surface area is 122 Å². The van der Waals surface area contributed by atoms with E-state index in [1.807, 2.05) is 0 Å². The number of fused-ring (bicyclic) bond motifs is 1. The Kier molecular flexibility index (Phi) is 4.06. The van der Waals surface area contributed by atoms with Gasteiger partial charge in [0.1, 0.15) is 11.5 Å². The molecule has 0 aromatic carbocycles. The smallest absolute Gasteiger partial charge is 0.224 e. The molecule has 0 aliphatic rings. The maximum absolute atomic E-state index is 12.4. The summed E-state index contributed by atoms with van der Waals surface area (Å²) in [6, 6.07) is 1.57. The lowest BCUT2D eigenvalue weighted by molar-refractivity contribution is 0.595. The van der Waals surface area contributed by atoms with Gasteiger partial charge >= 0.3 is 0 Å².